The van der Waals surface area contributed by atoms with Crippen molar-refractivity contribution in [3.05, 3.63) is 72.1 Å². The van der Waals surface area contributed by atoms with Crippen molar-refractivity contribution in [1.29, 1.82) is 0 Å². The van der Waals surface area contributed by atoms with Crippen LogP contribution in [0.15, 0.2) is 70.1 Å². The first-order chi connectivity index (χ1) is 14.0. The molecule has 1 atom stereocenters. The summed E-state index contributed by atoms with van der Waals surface area (Å²) in [6, 6.07) is 10.4. The maximum Gasteiger partial charge on any atom is 0.268 e. The molecule has 2 aromatic carbocycles. The number of nitrogens with one attached hydrogen (secondary N) is 1. The van der Waals surface area contributed by atoms with E-state index in [9.17, 15) is 13.6 Å². The molecule has 0 radical (unpaired) electrons. The molecule has 148 valence electrons. The Bertz CT molecular complexity index is 1100. The van der Waals surface area contributed by atoms with E-state index < -0.39 is 23.6 Å². The fourth-order valence-electron chi connectivity index (χ4n) is 2.82. The van der Waals surface area contributed by atoms with Crippen molar-refractivity contribution in [2.45, 2.75) is 22.6 Å². The summed E-state index contributed by atoms with van der Waals surface area (Å²) in [6.45, 7) is 0. The summed E-state index contributed by atoms with van der Waals surface area (Å²) in [5.74, 6) is -1.63. The van der Waals surface area contributed by atoms with Crippen LogP contribution in [-0.2, 0) is 16.7 Å². The van der Waals surface area contributed by atoms with Gasteiger partial charge >= 0.3 is 0 Å². The van der Waals surface area contributed by atoms with Gasteiger partial charge in [-0.1, -0.05) is 17.3 Å². The number of amides is 1. The number of aryl methyl sites for hydroxylation is 1. The molecule has 0 saturated carbocycles. The zero-order chi connectivity index (χ0) is 20.4. The molecule has 0 aliphatic carbocycles. The first kappa shape index (κ1) is 19.1. The van der Waals surface area contributed by atoms with E-state index in [0.717, 1.165) is 28.3 Å². The van der Waals surface area contributed by atoms with Gasteiger partial charge in [-0.05, 0) is 42.1 Å². The molecule has 1 aliphatic rings. The van der Waals surface area contributed by atoms with Crippen molar-refractivity contribution in [2.24, 2.45) is 12.2 Å². The van der Waals surface area contributed by atoms with E-state index in [0.29, 0.717) is 5.69 Å². The summed E-state index contributed by atoms with van der Waals surface area (Å²) in [5, 5.41) is 7.37. The van der Waals surface area contributed by atoms with Crippen LogP contribution in [0, 0.1) is 11.6 Å². The van der Waals surface area contributed by atoms with Gasteiger partial charge in [0.25, 0.3) is 5.91 Å². The fourth-order valence-corrected chi connectivity index (χ4v) is 3.71. The lowest BCUT2D eigenvalue weighted by atomic mass is 10.0. The second kappa shape index (κ2) is 8.04. The number of aromatic nitrogens is 2. The Morgan fingerprint density at radius 1 is 1.28 bits per heavy atom. The molecule has 9 heteroatoms. The zero-order valence-electron chi connectivity index (χ0n) is 15.3. The SMILES string of the molecule is Cn1ccnc1Sc1ccccc1NC(=O)C1CC(c2cc(F)ccc2F)=NO1. The van der Waals surface area contributed by atoms with E-state index in [1.54, 1.807) is 18.3 Å². The van der Waals surface area contributed by atoms with Crippen molar-refractivity contribution in [3.8, 4) is 0 Å². The number of anilines is 1. The van der Waals surface area contributed by atoms with Gasteiger partial charge in [0, 0.05) is 36.3 Å². The Morgan fingerprint density at radius 2 is 2.10 bits per heavy atom. The molecule has 29 heavy (non-hydrogen) atoms. The summed E-state index contributed by atoms with van der Waals surface area (Å²) >= 11 is 1.41. The molecular formula is C20H16F2N4O2S. The second-order valence-electron chi connectivity index (χ2n) is 6.37. The van der Waals surface area contributed by atoms with E-state index in [4.69, 9.17) is 4.84 Å². The number of oxime groups is 1. The topological polar surface area (TPSA) is 68.5 Å². The first-order valence-electron chi connectivity index (χ1n) is 8.74. The summed E-state index contributed by atoms with van der Waals surface area (Å²) in [7, 11) is 1.88. The Balaban J connectivity index is 1.46. The number of hydrogen-bond acceptors (Lipinski definition) is 5. The van der Waals surface area contributed by atoms with Crippen molar-refractivity contribution in [3.63, 3.8) is 0 Å². The first-order valence-corrected chi connectivity index (χ1v) is 9.56. The average Bonchev–Trinajstić information content (AvgIpc) is 3.35. The molecule has 1 amide bonds. The average molecular weight is 414 g/mol. The second-order valence-corrected chi connectivity index (χ2v) is 7.38. The third-order valence-corrected chi connectivity index (χ3v) is 5.48. The number of para-hydroxylation sites is 1. The van der Waals surface area contributed by atoms with Crippen LogP contribution in [-0.4, -0.2) is 27.3 Å². The van der Waals surface area contributed by atoms with E-state index in [1.807, 2.05) is 29.9 Å². The molecule has 2 heterocycles. The van der Waals surface area contributed by atoms with Gasteiger partial charge in [-0.2, -0.15) is 0 Å². The van der Waals surface area contributed by atoms with E-state index >= 15 is 0 Å². The highest BCUT2D eigenvalue weighted by atomic mass is 32.2. The largest absolute Gasteiger partial charge is 0.382 e. The smallest absolute Gasteiger partial charge is 0.268 e. The summed E-state index contributed by atoms with van der Waals surface area (Å²) < 4.78 is 29.2. The maximum absolute atomic E-state index is 13.9. The van der Waals surface area contributed by atoms with Gasteiger partial charge in [-0.3, -0.25) is 4.79 Å². The number of hydrogen-bond donors (Lipinski definition) is 1. The van der Waals surface area contributed by atoms with Crippen LogP contribution in [0.2, 0.25) is 0 Å². The number of carbonyl (C=O) groups excluding carboxylic acids is 1. The number of imidazole rings is 1. The highest BCUT2D eigenvalue weighted by Crippen LogP contribution is 2.32. The van der Waals surface area contributed by atoms with E-state index in [2.05, 4.69) is 15.5 Å². The quantitative estimate of drug-likeness (QED) is 0.686. The van der Waals surface area contributed by atoms with Crippen LogP contribution in [0.5, 0.6) is 0 Å². The molecule has 6 nitrogen and oxygen atoms in total. The predicted octanol–water partition coefficient (Wildman–Crippen LogP) is 3.98. The normalized spacial score (nSPS) is 15.7. The fraction of sp³-hybridized carbons (Fsp3) is 0.150. The van der Waals surface area contributed by atoms with Crippen molar-refractivity contribution in [1.82, 2.24) is 9.55 Å². The van der Waals surface area contributed by atoms with Crippen LogP contribution < -0.4 is 5.32 Å². The summed E-state index contributed by atoms with van der Waals surface area (Å²) in [6.07, 6.45) is 2.64. The van der Waals surface area contributed by atoms with Crippen LogP contribution in [0.25, 0.3) is 0 Å². The molecule has 0 spiro atoms. The van der Waals surface area contributed by atoms with Crippen molar-refractivity contribution >= 4 is 29.1 Å². The molecule has 1 unspecified atom stereocenters. The van der Waals surface area contributed by atoms with Gasteiger partial charge in [0.15, 0.2) is 5.16 Å². The van der Waals surface area contributed by atoms with Crippen LogP contribution in [0.3, 0.4) is 0 Å². The Hall–Kier alpha value is -3.20. The molecular weight excluding hydrogens is 398 g/mol. The minimum absolute atomic E-state index is 0.00830. The number of rotatable bonds is 5. The lowest BCUT2D eigenvalue weighted by Crippen LogP contribution is -2.28. The number of carbonyl (C=O) groups is 1. The van der Waals surface area contributed by atoms with Crippen LogP contribution >= 0.6 is 11.8 Å². The van der Waals surface area contributed by atoms with Gasteiger partial charge in [-0.25, -0.2) is 13.8 Å². The molecule has 0 saturated heterocycles. The maximum atomic E-state index is 13.9. The monoisotopic (exact) mass is 414 g/mol. The lowest BCUT2D eigenvalue weighted by molar-refractivity contribution is -0.125. The minimum Gasteiger partial charge on any atom is -0.382 e. The molecule has 1 N–H and O–H groups in total. The van der Waals surface area contributed by atoms with Crippen LogP contribution in [0.4, 0.5) is 14.5 Å². The molecule has 4 rings (SSSR count). The Kier molecular flexibility index (Phi) is 5.30. The molecule has 3 aromatic rings. The third kappa shape index (κ3) is 4.14. The van der Waals surface area contributed by atoms with E-state index in [1.165, 1.54) is 11.8 Å². The third-order valence-electron chi connectivity index (χ3n) is 4.32. The summed E-state index contributed by atoms with van der Waals surface area (Å²) in [5.41, 5.74) is 0.781. The van der Waals surface area contributed by atoms with Crippen LogP contribution in [0.1, 0.15) is 12.0 Å². The number of benzene rings is 2. The highest BCUT2D eigenvalue weighted by molar-refractivity contribution is 7.99. The standard InChI is InChI=1S/C20H16F2N4O2S/c1-26-9-8-23-20(26)29-18-5-3-2-4-15(18)24-19(27)17-11-16(25-28-17)13-10-12(21)6-7-14(13)22/h2-10,17H,11H2,1H3,(H,24,27). The highest BCUT2D eigenvalue weighted by Gasteiger charge is 2.30. The van der Waals surface area contributed by atoms with Crippen molar-refractivity contribution < 1.29 is 18.4 Å². The summed E-state index contributed by atoms with van der Waals surface area (Å²) in [4.78, 5) is 22.9. The lowest BCUT2D eigenvalue weighted by Gasteiger charge is -2.13. The minimum atomic E-state index is -0.932. The number of halogens is 2. The molecule has 1 aliphatic heterocycles. The predicted molar refractivity (Wildman–Crippen MR) is 105 cm³/mol. The Morgan fingerprint density at radius 3 is 2.90 bits per heavy atom. The molecule has 1 aromatic heterocycles. The van der Waals surface area contributed by atoms with Gasteiger partial charge in [-0.15, -0.1) is 0 Å². The van der Waals surface area contributed by atoms with Gasteiger partial charge in [0.1, 0.15) is 11.6 Å². The molecule has 0 fully saturated rings. The van der Waals surface area contributed by atoms with Gasteiger partial charge in [0.05, 0.1) is 11.4 Å². The van der Waals surface area contributed by atoms with E-state index in [-0.39, 0.29) is 17.7 Å². The van der Waals surface area contributed by atoms with Gasteiger partial charge < -0.3 is 14.7 Å². The van der Waals surface area contributed by atoms with Crippen molar-refractivity contribution in [2.75, 3.05) is 5.32 Å². The van der Waals surface area contributed by atoms with Gasteiger partial charge in [0.2, 0.25) is 6.10 Å². The number of nitrogens with zero attached hydrogens (tertiary/aromatic N) is 3. The zero-order valence-corrected chi connectivity index (χ0v) is 16.1. The Labute approximate surface area is 169 Å². The molecule has 0 bridgehead atoms.